The maximum absolute atomic E-state index is 5.19. The van der Waals surface area contributed by atoms with Gasteiger partial charge in [0.2, 0.25) is 5.82 Å². The first-order valence-corrected chi connectivity index (χ1v) is 17.9. The van der Waals surface area contributed by atoms with Crippen molar-refractivity contribution in [3.05, 3.63) is 183 Å². The summed E-state index contributed by atoms with van der Waals surface area (Å²) >= 11 is 3.72. The molecule has 0 aliphatic heterocycles. The van der Waals surface area contributed by atoms with Gasteiger partial charge in [-0.05, 0) is 82.3 Å². The molecule has 5 aromatic carbocycles. The molecule has 0 bridgehead atoms. The third-order valence-electron chi connectivity index (χ3n) is 9.53. The van der Waals surface area contributed by atoms with Gasteiger partial charge in [-0.1, -0.05) is 138 Å². The topological polar surface area (TPSA) is 74.3 Å². The molecule has 0 aliphatic rings. The highest BCUT2D eigenvalue weighted by molar-refractivity contribution is 9.10. The van der Waals surface area contributed by atoms with E-state index in [-0.39, 0.29) is 0 Å². The van der Waals surface area contributed by atoms with Crippen LogP contribution in [0.25, 0.3) is 33.7 Å². The number of aryl methyl sites for hydroxylation is 3. The number of tetrazole rings is 1. The minimum atomic E-state index is -0.854. The fourth-order valence-corrected chi connectivity index (χ4v) is 7.52. The van der Waals surface area contributed by atoms with Crippen molar-refractivity contribution >= 4 is 27.1 Å². The summed E-state index contributed by atoms with van der Waals surface area (Å²) in [6, 6.07) is 48.2. The molecule has 0 unspecified atom stereocenters. The lowest BCUT2D eigenvalue weighted by atomic mass is 9.77. The molecule has 0 saturated heterocycles. The van der Waals surface area contributed by atoms with E-state index in [9.17, 15) is 0 Å². The van der Waals surface area contributed by atoms with Gasteiger partial charge in [-0.2, -0.15) is 0 Å². The second kappa shape index (κ2) is 13.5. The van der Waals surface area contributed by atoms with E-state index in [0.717, 1.165) is 72.5 Å². The summed E-state index contributed by atoms with van der Waals surface area (Å²) in [6.07, 6.45) is 0.835. The van der Waals surface area contributed by atoms with Gasteiger partial charge in [0.1, 0.15) is 11.3 Å². The standard InChI is InChI=1S/C43H36BrN7/c1-4-39-46-40-29(2)26-30(3)45-42(40)50(39)28-31-20-22-32(23-21-31)38-27-36(44)24-25-37(38)41-47-49-51(48-41)43(33-14-8-5-9-15-33,34-16-10-6-11-17-34)35-18-12-7-13-19-35/h5-27H,4,28H2,1-3H3. The Kier molecular flexibility index (Phi) is 8.61. The van der Waals surface area contributed by atoms with Crippen molar-refractivity contribution in [1.82, 2.24) is 34.7 Å². The van der Waals surface area contributed by atoms with E-state index in [4.69, 9.17) is 25.4 Å². The Labute approximate surface area is 305 Å². The molecule has 8 heteroatoms. The average molecular weight is 731 g/mol. The minimum absolute atomic E-state index is 0.544. The van der Waals surface area contributed by atoms with Crippen LogP contribution in [0.4, 0.5) is 0 Å². The number of nitrogens with zero attached hydrogens (tertiary/aromatic N) is 7. The van der Waals surface area contributed by atoms with Crippen molar-refractivity contribution in [3.63, 3.8) is 0 Å². The molecule has 3 heterocycles. The van der Waals surface area contributed by atoms with E-state index in [1.165, 1.54) is 5.56 Å². The molecule has 0 fully saturated rings. The highest BCUT2D eigenvalue weighted by atomic mass is 79.9. The molecule has 51 heavy (non-hydrogen) atoms. The average Bonchev–Trinajstić information content (AvgIpc) is 3.79. The predicted octanol–water partition coefficient (Wildman–Crippen LogP) is 9.58. The Bertz CT molecular complexity index is 2360. The molecule has 0 amide bonds. The number of hydrogen-bond acceptors (Lipinski definition) is 5. The molecule has 0 radical (unpaired) electrons. The zero-order chi connectivity index (χ0) is 35.0. The van der Waals surface area contributed by atoms with Crippen molar-refractivity contribution in [3.8, 4) is 22.5 Å². The molecule has 0 spiro atoms. The molecule has 8 aromatic rings. The molecule has 8 rings (SSSR count). The Morgan fingerprint density at radius 1 is 0.667 bits per heavy atom. The van der Waals surface area contributed by atoms with Gasteiger partial charge in [0, 0.05) is 22.2 Å². The van der Waals surface area contributed by atoms with E-state index in [1.807, 2.05) is 31.2 Å². The largest absolute Gasteiger partial charge is 0.308 e. The lowest BCUT2D eigenvalue weighted by molar-refractivity contribution is 0.396. The van der Waals surface area contributed by atoms with Gasteiger partial charge in [0.05, 0.1) is 6.54 Å². The van der Waals surface area contributed by atoms with Gasteiger partial charge in [-0.25, -0.2) is 9.97 Å². The van der Waals surface area contributed by atoms with Crippen LogP contribution in [-0.4, -0.2) is 34.7 Å². The molecule has 0 saturated carbocycles. The first-order valence-electron chi connectivity index (χ1n) is 17.2. The summed E-state index contributed by atoms with van der Waals surface area (Å²) < 4.78 is 3.22. The highest BCUT2D eigenvalue weighted by Gasteiger charge is 2.41. The normalized spacial score (nSPS) is 11.7. The number of rotatable bonds is 9. The Morgan fingerprint density at radius 3 is 1.86 bits per heavy atom. The number of pyridine rings is 1. The number of fused-ring (bicyclic) bond motifs is 1. The predicted molar refractivity (Wildman–Crippen MR) is 206 cm³/mol. The third-order valence-corrected chi connectivity index (χ3v) is 10.0. The highest BCUT2D eigenvalue weighted by Crippen LogP contribution is 2.41. The molecular weight excluding hydrogens is 694 g/mol. The summed E-state index contributed by atoms with van der Waals surface area (Å²) in [5, 5.41) is 14.7. The van der Waals surface area contributed by atoms with E-state index < -0.39 is 5.54 Å². The molecule has 0 atom stereocenters. The fourth-order valence-electron chi connectivity index (χ4n) is 7.16. The summed E-state index contributed by atoms with van der Waals surface area (Å²) in [5.74, 6) is 1.58. The Morgan fingerprint density at radius 2 is 1.27 bits per heavy atom. The molecular formula is C43H36BrN7. The number of halogens is 1. The first-order chi connectivity index (χ1) is 24.9. The van der Waals surface area contributed by atoms with Gasteiger partial charge >= 0.3 is 0 Å². The van der Waals surface area contributed by atoms with Crippen molar-refractivity contribution in [2.45, 2.75) is 39.3 Å². The molecule has 250 valence electrons. The summed E-state index contributed by atoms with van der Waals surface area (Å²) in [4.78, 5) is 11.6. The molecule has 3 aromatic heterocycles. The monoisotopic (exact) mass is 729 g/mol. The summed E-state index contributed by atoms with van der Waals surface area (Å²) in [6.45, 7) is 6.98. The minimum Gasteiger partial charge on any atom is -0.308 e. The van der Waals surface area contributed by atoms with Crippen LogP contribution in [0.5, 0.6) is 0 Å². The zero-order valence-corrected chi connectivity index (χ0v) is 30.3. The van der Waals surface area contributed by atoms with Crippen molar-refractivity contribution in [2.24, 2.45) is 0 Å². The van der Waals surface area contributed by atoms with Crippen LogP contribution in [0.1, 0.15) is 46.3 Å². The maximum atomic E-state index is 5.19. The molecule has 0 aliphatic carbocycles. The smallest absolute Gasteiger partial charge is 0.205 e. The van der Waals surface area contributed by atoms with Crippen LogP contribution in [0.15, 0.2) is 144 Å². The zero-order valence-electron chi connectivity index (χ0n) is 28.7. The quantitative estimate of drug-likeness (QED) is 0.138. The fraction of sp³-hybridized carbons (Fsp3) is 0.140. The van der Waals surface area contributed by atoms with E-state index in [0.29, 0.717) is 12.4 Å². The first kappa shape index (κ1) is 32.5. The van der Waals surface area contributed by atoms with Crippen LogP contribution in [0, 0.1) is 13.8 Å². The van der Waals surface area contributed by atoms with E-state index >= 15 is 0 Å². The van der Waals surface area contributed by atoms with E-state index in [2.05, 4.69) is 150 Å². The maximum Gasteiger partial charge on any atom is 0.205 e. The van der Waals surface area contributed by atoms with Crippen LogP contribution >= 0.6 is 15.9 Å². The van der Waals surface area contributed by atoms with Gasteiger partial charge < -0.3 is 4.57 Å². The number of aromatic nitrogens is 7. The molecule has 7 nitrogen and oxygen atoms in total. The SMILES string of the molecule is CCc1nc2c(C)cc(C)nc2n1Cc1ccc(-c2cc(Br)ccc2-c2nnn(C(c3ccccc3)(c3ccccc3)c3ccccc3)n2)cc1. The van der Waals surface area contributed by atoms with Gasteiger partial charge in [-0.15, -0.1) is 15.0 Å². The van der Waals surface area contributed by atoms with E-state index in [1.54, 1.807) is 4.80 Å². The second-order valence-corrected chi connectivity index (χ2v) is 13.7. The van der Waals surface area contributed by atoms with Crippen LogP contribution in [0.2, 0.25) is 0 Å². The number of imidazole rings is 1. The van der Waals surface area contributed by atoms with Gasteiger partial charge in [0.25, 0.3) is 0 Å². The van der Waals surface area contributed by atoms with Gasteiger partial charge in [0.15, 0.2) is 11.2 Å². The van der Waals surface area contributed by atoms with Crippen molar-refractivity contribution in [2.75, 3.05) is 0 Å². The van der Waals surface area contributed by atoms with Crippen LogP contribution < -0.4 is 0 Å². The van der Waals surface area contributed by atoms with Crippen molar-refractivity contribution in [1.29, 1.82) is 0 Å². The lowest BCUT2D eigenvalue weighted by Crippen LogP contribution is -2.39. The second-order valence-electron chi connectivity index (χ2n) is 12.8. The number of hydrogen-bond donors (Lipinski definition) is 0. The summed E-state index contributed by atoms with van der Waals surface area (Å²) in [5.41, 5.74) is 10.5. The van der Waals surface area contributed by atoms with Crippen molar-refractivity contribution < 1.29 is 0 Å². The lowest BCUT2D eigenvalue weighted by Gasteiger charge is -2.34. The summed E-state index contributed by atoms with van der Waals surface area (Å²) in [7, 11) is 0. The van der Waals surface area contributed by atoms with Crippen LogP contribution in [-0.2, 0) is 18.5 Å². The Hall–Kier alpha value is -5.73. The number of benzene rings is 5. The van der Waals surface area contributed by atoms with Crippen LogP contribution in [0.3, 0.4) is 0 Å². The van der Waals surface area contributed by atoms with Gasteiger partial charge in [-0.3, -0.25) is 0 Å². The molecule has 0 N–H and O–H groups in total. The third kappa shape index (κ3) is 5.85. The Balaban J connectivity index is 1.21.